The van der Waals surface area contributed by atoms with E-state index in [-0.39, 0.29) is 5.91 Å². The van der Waals surface area contributed by atoms with Gasteiger partial charge in [-0.15, -0.1) is 5.10 Å². The molecule has 3 rings (SSSR count). The van der Waals surface area contributed by atoms with Gasteiger partial charge in [0.2, 0.25) is 0 Å². The lowest BCUT2D eigenvalue weighted by Crippen LogP contribution is -2.22. The van der Waals surface area contributed by atoms with E-state index < -0.39 is 0 Å². The average Bonchev–Trinajstić information content (AvgIpc) is 3.12. The van der Waals surface area contributed by atoms with Gasteiger partial charge in [0.1, 0.15) is 4.88 Å². The van der Waals surface area contributed by atoms with Crippen LogP contribution in [-0.4, -0.2) is 25.1 Å². The maximum atomic E-state index is 12.2. The van der Waals surface area contributed by atoms with Crippen molar-refractivity contribution < 1.29 is 4.79 Å². The van der Waals surface area contributed by atoms with Crippen LogP contribution in [0.5, 0.6) is 0 Å². The summed E-state index contributed by atoms with van der Waals surface area (Å²) in [5, 5.41) is 11.2. The van der Waals surface area contributed by atoms with Crippen molar-refractivity contribution in [3.63, 3.8) is 0 Å². The van der Waals surface area contributed by atoms with Crippen molar-refractivity contribution in [3.8, 4) is 0 Å². The first-order chi connectivity index (χ1) is 10.3. The van der Waals surface area contributed by atoms with Crippen LogP contribution in [0.3, 0.4) is 0 Å². The zero-order valence-electron chi connectivity index (χ0n) is 11.6. The molecule has 0 aliphatic rings. The maximum Gasteiger partial charge on any atom is 0.265 e. The maximum absolute atomic E-state index is 12.2. The third kappa shape index (κ3) is 2.78. The molecule has 108 valence electrons. The smallest absolute Gasteiger partial charge is 0.265 e. The first kappa shape index (κ1) is 13.7. The van der Waals surface area contributed by atoms with Crippen molar-refractivity contribution in [2.24, 2.45) is 0 Å². The van der Waals surface area contributed by atoms with E-state index >= 15 is 0 Å². The van der Waals surface area contributed by atoms with Crippen molar-refractivity contribution in [1.82, 2.24) is 24.5 Å². The molecule has 0 saturated heterocycles. The van der Waals surface area contributed by atoms with Gasteiger partial charge in [0.05, 0.1) is 17.4 Å². The summed E-state index contributed by atoms with van der Waals surface area (Å²) in [6, 6.07) is 5.85. The van der Waals surface area contributed by atoms with Gasteiger partial charge in [0.15, 0.2) is 0 Å². The Morgan fingerprint density at radius 1 is 1.43 bits per heavy atom. The Bertz CT molecular complexity index is 763. The standard InChI is InChI=1S/C14H15N5OS/c1-2-5-11-13(21-18-17-11)14(20)15-8-10-9-16-19-7-4-3-6-12(10)19/h3-4,6-7,9H,2,5,8H2,1H3,(H,15,20). The minimum atomic E-state index is -0.122. The SMILES string of the molecule is CCCc1nnsc1C(=O)NCc1cnn2ccccc12. The van der Waals surface area contributed by atoms with Crippen LogP contribution in [0.15, 0.2) is 30.6 Å². The Labute approximate surface area is 126 Å². The van der Waals surface area contributed by atoms with Crippen LogP contribution in [-0.2, 0) is 13.0 Å². The first-order valence-corrected chi connectivity index (χ1v) is 7.57. The second-order valence-corrected chi connectivity index (χ2v) is 5.44. The topological polar surface area (TPSA) is 72.2 Å². The van der Waals surface area contributed by atoms with E-state index in [4.69, 9.17) is 0 Å². The molecule has 0 saturated carbocycles. The molecule has 0 aliphatic heterocycles. The van der Waals surface area contributed by atoms with Gasteiger partial charge in [-0.2, -0.15) is 5.10 Å². The van der Waals surface area contributed by atoms with Gasteiger partial charge in [-0.3, -0.25) is 4.79 Å². The lowest BCUT2D eigenvalue weighted by atomic mass is 10.2. The average molecular weight is 301 g/mol. The summed E-state index contributed by atoms with van der Waals surface area (Å²) in [6.45, 7) is 2.50. The van der Waals surface area contributed by atoms with Gasteiger partial charge < -0.3 is 5.32 Å². The number of aryl methyl sites for hydroxylation is 1. The molecule has 1 N–H and O–H groups in total. The Hall–Kier alpha value is -2.28. The molecule has 0 fully saturated rings. The predicted octanol–water partition coefficient (Wildman–Crippen LogP) is 2.07. The number of rotatable bonds is 5. The Balaban J connectivity index is 1.72. The summed E-state index contributed by atoms with van der Waals surface area (Å²) >= 11 is 1.14. The normalized spacial score (nSPS) is 10.9. The number of amides is 1. The molecule has 7 heteroatoms. The third-order valence-corrected chi connectivity index (χ3v) is 3.96. The monoisotopic (exact) mass is 301 g/mol. The number of hydrogen-bond donors (Lipinski definition) is 1. The highest BCUT2D eigenvalue weighted by Crippen LogP contribution is 2.14. The van der Waals surface area contributed by atoms with Crippen LogP contribution in [0, 0.1) is 0 Å². The molecule has 3 heterocycles. The second-order valence-electron chi connectivity index (χ2n) is 4.68. The van der Waals surface area contributed by atoms with Gasteiger partial charge in [-0.05, 0) is 30.1 Å². The van der Waals surface area contributed by atoms with E-state index in [1.165, 1.54) is 0 Å². The number of hydrogen-bond acceptors (Lipinski definition) is 5. The molecular formula is C14H15N5OS. The summed E-state index contributed by atoms with van der Waals surface area (Å²) < 4.78 is 5.66. The van der Waals surface area contributed by atoms with Crippen LogP contribution in [0.4, 0.5) is 0 Å². The number of fused-ring (bicyclic) bond motifs is 1. The molecule has 0 atom stereocenters. The van der Waals surface area contributed by atoms with Crippen LogP contribution >= 0.6 is 11.5 Å². The molecule has 6 nitrogen and oxygen atoms in total. The molecule has 21 heavy (non-hydrogen) atoms. The Morgan fingerprint density at radius 2 is 2.33 bits per heavy atom. The molecule has 3 aromatic heterocycles. The van der Waals surface area contributed by atoms with Gasteiger partial charge >= 0.3 is 0 Å². The highest BCUT2D eigenvalue weighted by molar-refractivity contribution is 7.08. The fourth-order valence-electron chi connectivity index (χ4n) is 2.16. The van der Waals surface area contributed by atoms with E-state index in [1.54, 1.807) is 10.7 Å². The number of nitrogens with one attached hydrogen (secondary N) is 1. The summed E-state index contributed by atoms with van der Waals surface area (Å²) in [6.07, 6.45) is 5.37. The Morgan fingerprint density at radius 3 is 3.19 bits per heavy atom. The zero-order chi connectivity index (χ0) is 14.7. The molecule has 1 amide bonds. The first-order valence-electron chi connectivity index (χ1n) is 6.80. The van der Waals surface area contributed by atoms with Crippen molar-refractivity contribution in [1.29, 1.82) is 0 Å². The minimum Gasteiger partial charge on any atom is -0.347 e. The van der Waals surface area contributed by atoms with Crippen molar-refractivity contribution in [3.05, 3.63) is 46.7 Å². The molecule has 0 spiro atoms. The highest BCUT2D eigenvalue weighted by Gasteiger charge is 2.15. The largest absolute Gasteiger partial charge is 0.347 e. The van der Waals surface area contributed by atoms with Crippen molar-refractivity contribution in [2.75, 3.05) is 0 Å². The van der Waals surface area contributed by atoms with E-state index in [1.807, 2.05) is 24.4 Å². The van der Waals surface area contributed by atoms with E-state index in [0.717, 1.165) is 41.1 Å². The molecule has 0 unspecified atom stereocenters. The fraction of sp³-hybridized carbons (Fsp3) is 0.286. The summed E-state index contributed by atoms with van der Waals surface area (Å²) in [5.74, 6) is -0.122. The molecule has 0 bridgehead atoms. The van der Waals surface area contributed by atoms with E-state index in [2.05, 4.69) is 26.9 Å². The van der Waals surface area contributed by atoms with Gasteiger partial charge in [0.25, 0.3) is 5.91 Å². The lowest BCUT2D eigenvalue weighted by Gasteiger charge is -2.03. The molecule has 0 radical (unpaired) electrons. The van der Waals surface area contributed by atoms with Crippen LogP contribution in [0.1, 0.15) is 34.3 Å². The number of carbonyl (C=O) groups is 1. The summed E-state index contributed by atoms with van der Waals surface area (Å²) in [5.41, 5.74) is 2.76. The lowest BCUT2D eigenvalue weighted by molar-refractivity contribution is 0.0954. The third-order valence-electron chi connectivity index (χ3n) is 3.19. The van der Waals surface area contributed by atoms with Gasteiger partial charge in [-0.1, -0.05) is 23.9 Å². The number of nitrogens with zero attached hydrogens (tertiary/aromatic N) is 4. The highest BCUT2D eigenvalue weighted by atomic mass is 32.1. The van der Waals surface area contributed by atoms with Crippen LogP contribution in [0.2, 0.25) is 0 Å². The predicted molar refractivity (Wildman–Crippen MR) is 80.3 cm³/mol. The van der Waals surface area contributed by atoms with Crippen LogP contribution in [0.25, 0.3) is 5.52 Å². The summed E-state index contributed by atoms with van der Waals surface area (Å²) in [4.78, 5) is 12.8. The minimum absolute atomic E-state index is 0.122. The number of carbonyl (C=O) groups excluding carboxylic acids is 1. The van der Waals surface area contributed by atoms with Crippen LogP contribution < -0.4 is 5.32 Å². The van der Waals surface area contributed by atoms with E-state index in [9.17, 15) is 4.79 Å². The molecular weight excluding hydrogens is 286 g/mol. The second kappa shape index (κ2) is 6.01. The van der Waals surface area contributed by atoms with Crippen molar-refractivity contribution >= 4 is 23.0 Å². The van der Waals surface area contributed by atoms with Gasteiger partial charge in [-0.25, -0.2) is 4.52 Å². The molecule has 3 aromatic rings. The van der Waals surface area contributed by atoms with E-state index in [0.29, 0.717) is 11.4 Å². The van der Waals surface area contributed by atoms with Gasteiger partial charge in [0, 0.05) is 18.3 Å². The number of pyridine rings is 1. The van der Waals surface area contributed by atoms with Crippen molar-refractivity contribution in [2.45, 2.75) is 26.3 Å². The molecule has 0 aromatic carbocycles. The number of aromatic nitrogens is 4. The molecule has 0 aliphatic carbocycles. The fourth-order valence-corrected chi connectivity index (χ4v) is 2.79. The zero-order valence-corrected chi connectivity index (χ0v) is 12.4. The Kier molecular flexibility index (Phi) is 3.92. The quantitative estimate of drug-likeness (QED) is 0.783. The summed E-state index contributed by atoms with van der Waals surface area (Å²) in [7, 11) is 0.